The highest BCUT2D eigenvalue weighted by atomic mass is 16.7. The monoisotopic (exact) mass is 368 g/mol. The molecule has 0 spiro atoms. The highest BCUT2D eigenvalue weighted by Crippen LogP contribution is 2.34. The minimum absolute atomic E-state index is 0.0814. The van der Waals surface area contributed by atoms with Crippen molar-refractivity contribution in [2.75, 3.05) is 18.7 Å². The molecule has 2 aromatic rings. The Labute approximate surface area is 161 Å². The van der Waals surface area contributed by atoms with Crippen LogP contribution < -0.4 is 20.1 Å². The van der Waals surface area contributed by atoms with Crippen molar-refractivity contribution >= 4 is 11.6 Å². The summed E-state index contributed by atoms with van der Waals surface area (Å²) in [4.78, 5) is 12.4. The third-order valence-corrected chi connectivity index (χ3v) is 4.68. The lowest BCUT2D eigenvalue weighted by Crippen LogP contribution is -2.33. The third-order valence-electron chi connectivity index (χ3n) is 4.68. The first-order chi connectivity index (χ1) is 13.1. The normalized spacial score (nSPS) is 13.6. The molecule has 0 aromatic heterocycles. The van der Waals surface area contributed by atoms with Crippen molar-refractivity contribution in [3.05, 3.63) is 53.6 Å². The topological polar surface area (TPSA) is 59.6 Å². The molecule has 2 aromatic carbocycles. The van der Waals surface area contributed by atoms with E-state index in [2.05, 4.69) is 55.7 Å². The van der Waals surface area contributed by atoms with Gasteiger partial charge in [-0.15, -0.1) is 0 Å². The Bertz CT molecular complexity index is 772. The average molecular weight is 368 g/mol. The van der Waals surface area contributed by atoms with Crippen LogP contribution in [0.2, 0.25) is 0 Å². The number of amides is 1. The lowest BCUT2D eigenvalue weighted by molar-refractivity contribution is -0.115. The number of anilines is 1. The highest BCUT2D eigenvalue weighted by molar-refractivity contribution is 5.92. The van der Waals surface area contributed by atoms with Gasteiger partial charge in [0.1, 0.15) is 0 Å². The maximum atomic E-state index is 12.4. The summed E-state index contributed by atoms with van der Waals surface area (Å²) in [6.45, 7) is 6.97. The third kappa shape index (κ3) is 5.01. The van der Waals surface area contributed by atoms with Crippen LogP contribution in [0.4, 0.5) is 5.69 Å². The maximum absolute atomic E-state index is 12.4. The first-order valence-corrected chi connectivity index (χ1v) is 9.58. The van der Waals surface area contributed by atoms with E-state index >= 15 is 0 Å². The number of nitrogens with one attached hydrogen (secondary N) is 2. The van der Waals surface area contributed by atoms with Crippen LogP contribution in [0.3, 0.4) is 0 Å². The number of ether oxygens (including phenoxy) is 2. The molecule has 1 aliphatic rings. The van der Waals surface area contributed by atoms with Crippen LogP contribution in [-0.2, 0) is 11.2 Å². The summed E-state index contributed by atoms with van der Waals surface area (Å²) in [6.07, 6.45) is 2.24. The summed E-state index contributed by atoms with van der Waals surface area (Å²) in [5.74, 6) is 1.66. The number of rotatable bonds is 8. The van der Waals surface area contributed by atoms with Gasteiger partial charge in [0.25, 0.3) is 0 Å². The molecular formula is C22H28N2O3. The standard InChI is InChI=1S/C22H28N2O3/c1-4-5-16-6-8-17(9-7-16)22(15(2)3)23-13-21(25)24-18-10-11-19-20(12-18)27-14-26-19/h6-12,15,22-23H,4-5,13-14H2,1-3H3,(H,24,25)/t22-/m1/s1. The molecule has 27 heavy (non-hydrogen) atoms. The van der Waals surface area contributed by atoms with Crippen LogP contribution in [0.25, 0.3) is 0 Å². The van der Waals surface area contributed by atoms with Crippen molar-refractivity contribution in [2.45, 2.75) is 39.7 Å². The summed E-state index contributed by atoms with van der Waals surface area (Å²) in [5, 5.41) is 6.30. The largest absolute Gasteiger partial charge is 0.454 e. The molecule has 0 bridgehead atoms. The quantitative estimate of drug-likeness (QED) is 0.730. The molecule has 0 saturated carbocycles. The zero-order valence-electron chi connectivity index (χ0n) is 16.2. The SMILES string of the molecule is CCCc1ccc([C@H](NCC(=O)Nc2ccc3c(c2)OCO3)C(C)C)cc1. The van der Waals surface area contributed by atoms with E-state index in [1.807, 2.05) is 6.07 Å². The summed E-state index contributed by atoms with van der Waals surface area (Å²) in [7, 11) is 0. The molecular weight excluding hydrogens is 340 g/mol. The number of hydrogen-bond acceptors (Lipinski definition) is 4. The van der Waals surface area contributed by atoms with Gasteiger partial charge in [-0.05, 0) is 35.6 Å². The molecule has 144 valence electrons. The van der Waals surface area contributed by atoms with Gasteiger partial charge >= 0.3 is 0 Å². The molecule has 3 rings (SSSR count). The van der Waals surface area contributed by atoms with E-state index in [4.69, 9.17) is 9.47 Å². The Morgan fingerprint density at radius 1 is 1.07 bits per heavy atom. The Morgan fingerprint density at radius 2 is 1.81 bits per heavy atom. The Hall–Kier alpha value is -2.53. The molecule has 1 heterocycles. The van der Waals surface area contributed by atoms with Crippen molar-refractivity contribution in [1.82, 2.24) is 5.32 Å². The number of aryl methyl sites for hydroxylation is 1. The molecule has 5 heteroatoms. The number of hydrogen-bond donors (Lipinski definition) is 2. The summed E-state index contributed by atoms with van der Waals surface area (Å²) in [5.41, 5.74) is 3.26. The van der Waals surface area contributed by atoms with Crippen LogP contribution in [0.1, 0.15) is 44.4 Å². The molecule has 5 nitrogen and oxygen atoms in total. The van der Waals surface area contributed by atoms with Crippen molar-refractivity contribution in [3.8, 4) is 11.5 Å². The second kappa shape index (κ2) is 8.91. The van der Waals surface area contributed by atoms with Crippen molar-refractivity contribution in [1.29, 1.82) is 0 Å². The number of carbonyl (C=O) groups excluding carboxylic acids is 1. The molecule has 2 N–H and O–H groups in total. The number of fused-ring (bicyclic) bond motifs is 1. The van der Waals surface area contributed by atoms with Gasteiger partial charge in [0, 0.05) is 17.8 Å². The van der Waals surface area contributed by atoms with E-state index in [9.17, 15) is 4.79 Å². The molecule has 0 radical (unpaired) electrons. The minimum atomic E-state index is -0.0814. The van der Waals surface area contributed by atoms with Crippen LogP contribution >= 0.6 is 0 Å². The van der Waals surface area contributed by atoms with Gasteiger partial charge < -0.3 is 20.1 Å². The van der Waals surface area contributed by atoms with Gasteiger partial charge in [0.05, 0.1) is 6.54 Å². The number of carbonyl (C=O) groups is 1. The van der Waals surface area contributed by atoms with Gasteiger partial charge in [-0.3, -0.25) is 4.79 Å². The van der Waals surface area contributed by atoms with Crippen LogP contribution in [0, 0.1) is 5.92 Å². The van der Waals surface area contributed by atoms with Gasteiger partial charge in [0.15, 0.2) is 11.5 Å². The van der Waals surface area contributed by atoms with Gasteiger partial charge in [-0.1, -0.05) is 51.5 Å². The highest BCUT2D eigenvalue weighted by Gasteiger charge is 2.18. The van der Waals surface area contributed by atoms with Crippen molar-refractivity contribution < 1.29 is 14.3 Å². The maximum Gasteiger partial charge on any atom is 0.238 e. The molecule has 0 fully saturated rings. The van der Waals surface area contributed by atoms with E-state index in [-0.39, 0.29) is 25.3 Å². The predicted octanol–water partition coefficient (Wildman–Crippen LogP) is 4.29. The lowest BCUT2D eigenvalue weighted by atomic mass is 9.94. The molecule has 1 aliphatic heterocycles. The van der Waals surface area contributed by atoms with E-state index in [1.54, 1.807) is 12.1 Å². The zero-order valence-corrected chi connectivity index (χ0v) is 16.2. The van der Waals surface area contributed by atoms with Gasteiger partial charge in [-0.2, -0.15) is 0 Å². The Balaban J connectivity index is 1.57. The van der Waals surface area contributed by atoms with Crippen LogP contribution in [-0.4, -0.2) is 19.2 Å². The van der Waals surface area contributed by atoms with Crippen LogP contribution in [0.5, 0.6) is 11.5 Å². The predicted molar refractivity (Wildman–Crippen MR) is 107 cm³/mol. The van der Waals surface area contributed by atoms with Gasteiger partial charge in [0.2, 0.25) is 12.7 Å². The van der Waals surface area contributed by atoms with E-state index in [1.165, 1.54) is 11.1 Å². The molecule has 1 amide bonds. The van der Waals surface area contributed by atoms with Gasteiger partial charge in [-0.25, -0.2) is 0 Å². The first kappa shape index (κ1) is 19.2. The average Bonchev–Trinajstić information content (AvgIpc) is 3.11. The Morgan fingerprint density at radius 3 is 2.52 bits per heavy atom. The minimum Gasteiger partial charge on any atom is -0.454 e. The fourth-order valence-corrected chi connectivity index (χ4v) is 3.30. The zero-order chi connectivity index (χ0) is 19.2. The van der Waals surface area contributed by atoms with E-state index in [0.717, 1.165) is 12.8 Å². The number of benzene rings is 2. The smallest absolute Gasteiger partial charge is 0.238 e. The van der Waals surface area contributed by atoms with E-state index in [0.29, 0.717) is 23.1 Å². The Kier molecular flexibility index (Phi) is 6.35. The molecule has 1 atom stereocenters. The molecule has 0 saturated heterocycles. The fourth-order valence-electron chi connectivity index (χ4n) is 3.30. The molecule has 0 aliphatic carbocycles. The first-order valence-electron chi connectivity index (χ1n) is 9.58. The lowest BCUT2D eigenvalue weighted by Gasteiger charge is -2.23. The fraction of sp³-hybridized carbons (Fsp3) is 0.409. The summed E-state index contributed by atoms with van der Waals surface area (Å²) in [6, 6.07) is 14.2. The van der Waals surface area contributed by atoms with Crippen molar-refractivity contribution in [3.63, 3.8) is 0 Å². The second-order valence-electron chi connectivity index (χ2n) is 7.21. The molecule has 0 unspecified atom stereocenters. The second-order valence-corrected chi connectivity index (χ2v) is 7.21. The summed E-state index contributed by atoms with van der Waals surface area (Å²) >= 11 is 0. The van der Waals surface area contributed by atoms with Crippen molar-refractivity contribution in [2.24, 2.45) is 5.92 Å². The van der Waals surface area contributed by atoms with Crippen LogP contribution in [0.15, 0.2) is 42.5 Å². The summed E-state index contributed by atoms with van der Waals surface area (Å²) < 4.78 is 10.6. The van der Waals surface area contributed by atoms with E-state index < -0.39 is 0 Å².